The number of nitrogens with two attached hydrogens (primary N) is 1. The van der Waals surface area contributed by atoms with Gasteiger partial charge in [0, 0.05) is 17.9 Å². The number of nitrogen functional groups attached to an aromatic ring is 1. The molecule has 2 aromatic carbocycles. The summed E-state index contributed by atoms with van der Waals surface area (Å²) in [6.07, 6.45) is 1.54. The molecular weight excluding hydrogens is 298 g/mol. The lowest BCUT2D eigenvalue weighted by Gasteiger charge is -2.24. The highest BCUT2D eigenvalue weighted by atomic mass is 15.2. The van der Waals surface area contributed by atoms with E-state index < -0.39 is 0 Å². The first-order valence-electron chi connectivity index (χ1n) is 7.95. The Morgan fingerprint density at radius 1 is 1.00 bits per heavy atom. The standard InChI is InChI=1S/C19H21N5/c1-3-24(16-7-5-4-6-8-16)19-17(20)18(21-13-22-19)23-15-11-9-14(2)10-12-15/h4-13H,3,20H2,1-2H3,(H,21,22,23). The van der Waals surface area contributed by atoms with Crippen molar-refractivity contribution >= 4 is 28.7 Å². The van der Waals surface area contributed by atoms with Crippen LogP contribution >= 0.6 is 0 Å². The van der Waals surface area contributed by atoms with Gasteiger partial charge in [-0.15, -0.1) is 0 Å². The maximum atomic E-state index is 6.35. The third-order valence-corrected chi connectivity index (χ3v) is 3.82. The number of hydrogen-bond acceptors (Lipinski definition) is 5. The van der Waals surface area contributed by atoms with Crippen LogP contribution < -0.4 is 16.0 Å². The first kappa shape index (κ1) is 15.8. The van der Waals surface area contributed by atoms with E-state index in [4.69, 9.17) is 5.73 Å². The lowest BCUT2D eigenvalue weighted by atomic mass is 10.2. The van der Waals surface area contributed by atoms with Crippen LogP contribution in [0.5, 0.6) is 0 Å². The van der Waals surface area contributed by atoms with Gasteiger partial charge in [0.1, 0.15) is 12.0 Å². The van der Waals surface area contributed by atoms with Crippen LogP contribution in [0.2, 0.25) is 0 Å². The Morgan fingerprint density at radius 2 is 1.71 bits per heavy atom. The minimum Gasteiger partial charge on any atom is -0.393 e. The maximum Gasteiger partial charge on any atom is 0.161 e. The van der Waals surface area contributed by atoms with Gasteiger partial charge in [-0.1, -0.05) is 35.9 Å². The monoisotopic (exact) mass is 319 g/mol. The van der Waals surface area contributed by atoms with Crippen LogP contribution in [0.3, 0.4) is 0 Å². The summed E-state index contributed by atoms with van der Waals surface area (Å²) in [6, 6.07) is 18.2. The number of aromatic nitrogens is 2. The molecule has 3 rings (SSSR count). The van der Waals surface area contributed by atoms with Crippen molar-refractivity contribution in [2.24, 2.45) is 0 Å². The molecule has 3 N–H and O–H groups in total. The van der Waals surface area contributed by atoms with Crippen LogP contribution in [0.25, 0.3) is 0 Å². The Hall–Kier alpha value is -3.08. The summed E-state index contributed by atoms with van der Waals surface area (Å²) in [5, 5.41) is 3.27. The molecule has 0 unspecified atom stereocenters. The van der Waals surface area contributed by atoms with Gasteiger partial charge in [0.05, 0.1) is 0 Å². The molecule has 1 aromatic heterocycles. The van der Waals surface area contributed by atoms with Crippen molar-refractivity contribution in [2.45, 2.75) is 13.8 Å². The van der Waals surface area contributed by atoms with E-state index in [2.05, 4.69) is 34.0 Å². The van der Waals surface area contributed by atoms with Crippen molar-refractivity contribution in [1.29, 1.82) is 0 Å². The van der Waals surface area contributed by atoms with Gasteiger partial charge in [-0.2, -0.15) is 0 Å². The van der Waals surface area contributed by atoms with Gasteiger partial charge in [-0.3, -0.25) is 0 Å². The van der Waals surface area contributed by atoms with Gasteiger partial charge in [-0.25, -0.2) is 9.97 Å². The molecule has 0 saturated heterocycles. The number of para-hydroxylation sites is 1. The summed E-state index contributed by atoms with van der Waals surface area (Å²) in [5.74, 6) is 1.31. The van der Waals surface area contributed by atoms with Crippen LogP contribution in [0.1, 0.15) is 12.5 Å². The van der Waals surface area contributed by atoms with Gasteiger partial charge < -0.3 is 16.0 Å². The van der Waals surface area contributed by atoms with Gasteiger partial charge in [0.15, 0.2) is 11.6 Å². The van der Waals surface area contributed by atoms with Gasteiger partial charge in [0.25, 0.3) is 0 Å². The highest BCUT2D eigenvalue weighted by Crippen LogP contribution is 2.32. The number of nitrogens with one attached hydrogen (secondary N) is 1. The third kappa shape index (κ3) is 3.30. The number of anilines is 5. The molecule has 24 heavy (non-hydrogen) atoms. The normalized spacial score (nSPS) is 10.4. The van der Waals surface area contributed by atoms with Crippen molar-refractivity contribution in [1.82, 2.24) is 9.97 Å². The molecule has 1 heterocycles. The van der Waals surface area contributed by atoms with Crippen LogP contribution in [-0.4, -0.2) is 16.5 Å². The van der Waals surface area contributed by atoms with E-state index in [0.717, 1.165) is 17.9 Å². The molecule has 3 aromatic rings. The number of nitrogens with zero attached hydrogens (tertiary/aromatic N) is 3. The molecule has 0 atom stereocenters. The number of aryl methyl sites for hydroxylation is 1. The predicted molar refractivity (Wildman–Crippen MR) is 100 cm³/mol. The van der Waals surface area contributed by atoms with E-state index >= 15 is 0 Å². The Balaban J connectivity index is 1.94. The molecule has 0 amide bonds. The first-order chi connectivity index (χ1) is 11.7. The lowest BCUT2D eigenvalue weighted by molar-refractivity contribution is 0.980. The van der Waals surface area contributed by atoms with Crippen LogP contribution in [0.4, 0.5) is 28.7 Å². The largest absolute Gasteiger partial charge is 0.393 e. The highest BCUT2D eigenvalue weighted by Gasteiger charge is 2.15. The van der Waals surface area contributed by atoms with Crippen LogP contribution in [-0.2, 0) is 0 Å². The minimum absolute atomic E-state index is 0.531. The van der Waals surface area contributed by atoms with Gasteiger partial charge in [-0.05, 0) is 38.1 Å². The van der Waals surface area contributed by atoms with E-state index in [0.29, 0.717) is 17.3 Å². The zero-order valence-corrected chi connectivity index (χ0v) is 13.9. The summed E-state index contributed by atoms with van der Waals surface area (Å²) in [4.78, 5) is 10.8. The highest BCUT2D eigenvalue weighted by molar-refractivity contribution is 5.81. The summed E-state index contributed by atoms with van der Waals surface area (Å²) in [6.45, 7) is 4.89. The van der Waals surface area contributed by atoms with Crippen molar-refractivity contribution in [3.63, 3.8) is 0 Å². The van der Waals surface area contributed by atoms with Crippen molar-refractivity contribution in [3.05, 3.63) is 66.5 Å². The van der Waals surface area contributed by atoms with E-state index in [1.165, 1.54) is 11.9 Å². The summed E-state index contributed by atoms with van der Waals surface area (Å²) in [5.41, 5.74) is 10.1. The molecule has 0 radical (unpaired) electrons. The average molecular weight is 319 g/mol. The van der Waals surface area contributed by atoms with E-state index in [-0.39, 0.29) is 0 Å². The Morgan fingerprint density at radius 3 is 2.38 bits per heavy atom. The lowest BCUT2D eigenvalue weighted by Crippen LogP contribution is -2.19. The molecule has 0 aliphatic rings. The summed E-state index contributed by atoms with van der Waals surface area (Å²) < 4.78 is 0. The first-order valence-corrected chi connectivity index (χ1v) is 7.95. The average Bonchev–Trinajstić information content (AvgIpc) is 2.61. The van der Waals surface area contributed by atoms with E-state index in [1.807, 2.05) is 54.6 Å². The SMILES string of the molecule is CCN(c1ccccc1)c1ncnc(Nc2ccc(C)cc2)c1N. The fourth-order valence-corrected chi connectivity index (χ4v) is 2.54. The minimum atomic E-state index is 0.531. The van der Waals surface area contributed by atoms with E-state index in [9.17, 15) is 0 Å². The second kappa shape index (κ2) is 7.00. The number of hydrogen-bond donors (Lipinski definition) is 2. The molecule has 0 aliphatic carbocycles. The topological polar surface area (TPSA) is 67.1 Å². The third-order valence-electron chi connectivity index (χ3n) is 3.82. The number of benzene rings is 2. The molecule has 5 heteroatoms. The zero-order valence-electron chi connectivity index (χ0n) is 13.9. The maximum absolute atomic E-state index is 6.35. The molecule has 0 saturated carbocycles. The van der Waals surface area contributed by atoms with Crippen molar-refractivity contribution < 1.29 is 0 Å². The Labute approximate surface area is 142 Å². The Kier molecular flexibility index (Phi) is 4.61. The van der Waals surface area contributed by atoms with Crippen LogP contribution in [0.15, 0.2) is 60.9 Å². The fourth-order valence-electron chi connectivity index (χ4n) is 2.54. The van der Waals surface area contributed by atoms with Crippen LogP contribution in [0, 0.1) is 6.92 Å². The Bertz CT molecular complexity index is 800. The van der Waals surface area contributed by atoms with Crippen molar-refractivity contribution in [3.8, 4) is 0 Å². The summed E-state index contributed by atoms with van der Waals surface area (Å²) >= 11 is 0. The number of rotatable bonds is 5. The second-order valence-corrected chi connectivity index (χ2v) is 5.53. The quantitative estimate of drug-likeness (QED) is 0.735. The molecule has 5 nitrogen and oxygen atoms in total. The van der Waals surface area contributed by atoms with E-state index in [1.54, 1.807) is 0 Å². The molecule has 122 valence electrons. The smallest absolute Gasteiger partial charge is 0.161 e. The molecule has 0 aliphatic heterocycles. The molecule has 0 spiro atoms. The summed E-state index contributed by atoms with van der Waals surface area (Å²) in [7, 11) is 0. The van der Waals surface area contributed by atoms with Gasteiger partial charge in [0.2, 0.25) is 0 Å². The fraction of sp³-hybridized carbons (Fsp3) is 0.158. The van der Waals surface area contributed by atoms with Gasteiger partial charge >= 0.3 is 0 Å². The van der Waals surface area contributed by atoms with Crippen molar-refractivity contribution in [2.75, 3.05) is 22.5 Å². The predicted octanol–water partition coefficient (Wildman–Crippen LogP) is 4.27. The molecule has 0 fully saturated rings. The zero-order chi connectivity index (χ0) is 16.9. The molecular formula is C19H21N5. The molecule has 0 bridgehead atoms. The second-order valence-electron chi connectivity index (χ2n) is 5.53.